The summed E-state index contributed by atoms with van der Waals surface area (Å²) < 4.78 is 2.04. The van der Waals surface area contributed by atoms with Crippen molar-refractivity contribution in [2.45, 2.75) is 39.7 Å². The number of hydrogen-bond donors (Lipinski definition) is 1. The van der Waals surface area contributed by atoms with Gasteiger partial charge < -0.3 is 5.32 Å². The molecule has 4 rings (SSSR count). The molecule has 0 spiro atoms. The van der Waals surface area contributed by atoms with Crippen LogP contribution >= 0.6 is 11.6 Å². The first kappa shape index (κ1) is 18.6. The smallest absolute Gasteiger partial charge is 0.232 e. The number of aromatic nitrogens is 4. The molecule has 28 heavy (non-hydrogen) atoms. The first-order valence-electron chi connectivity index (χ1n) is 9.25. The van der Waals surface area contributed by atoms with Crippen molar-refractivity contribution < 1.29 is 4.79 Å². The van der Waals surface area contributed by atoms with Gasteiger partial charge in [-0.3, -0.25) is 14.5 Å². The van der Waals surface area contributed by atoms with Crippen LogP contribution in [0.15, 0.2) is 43.0 Å². The number of rotatable bonds is 4. The third kappa shape index (κ3) is 3.52. The normalized spacial score (nSPS) is 15.9. The maximum absolute atomic E-state index is 12.6. The third-order valence-electron chi connectivity index (χ3n) is 5.15. The molecule has 0 radical (unpaired) electrons. The van der Waals surface area contributed by atoms with Crippen molar-refractivity contribution in [3.8, 4) is 11.1 Å². The third-order valence-corrected chi connectivity index (χ3v) is 5.45. The van der Waals surface area contributed by atoms with E-state index < -0.39 is 0 Å². The van der Waals surface area contributed by atoms with E-state index in [2.05, 4.69) is 34.2 Å². The van der Waals surface area contributed by atoms with Crippen molar-refractivity contribution in [2.24, 2.45) is 5.41 Å². The van der Waals surface area contributed by atoms with Crippen LogP contribution in [0.25, 0.3) is 11.1 Å². The predicted molar refractivity (Wildman–Crippen MR) is 109 cm³/mol. The van der Waals surface area contributed by atoms with E-state index in [0.717, 1.165) is 29.7 Å². The van der Waals surface area contributed by atoms with Gasteiger partial charge in [0, 0.05) is 42.0 Å². The van der Waals surface area contributed by atoms with Crippen LogP contribution in [0.3, 0.4) is 0 Å². The van der Waals surface area contributed by atoms with E-state index >= 15 is 0 Å². The molecule has 0 saturated heterocycles. The molecule has 0 unspecified atom stereocenters. The van der Waals surface area contributed by atoms with Crippen molar-refractivity contribution in [2.75, 3.05) is 5.32 Å². The number of nitrogens with zero attached hydrogens (tertiary/aromatic N) is 4. The number of carbonyl (C=O) groups is 1. The van der Waals surface area contributed by atoms with Crippen LogP contribution < -0.4 is 5.32 Å². The molecule has 144 valence electrons. The summed E-state index contributed by atoms with van der Waals surface area (Å²) in [4.78, 5) is 21.0. The minimum atomic E-state index is -0.337. The Morgan fingerprint density at radius 2 is 2.11 bits per heavy atom. The zero-order valence-corrected chi connectivity index (χ0v) is 16.9. The highest BCUT2D eigenvalue weighted by molar-refractivity contribution is 6.33. The van der Waals surface area contributed by atoms with E-state index in [1.54, 1.807) is 18.6 Å². The molecule has 1 aliphatic heterocycles. The van der Waals surface area contributed by atoms with Crippen molar-refractivity contribution in [3.63, 3.8) is 0 Å². The molecule has 0 aromatic carbocycles. The SMILES string of the molecule is C[C@@H](C(=O)Nc1cc(-c2cnn3c2CC(C)(C)C3)c(Cl)cn1)c1cccnc1. The summed E-state index contributed by atoms with van der Waals surface area (Å²) in [7, 11) is 0. The highest BCUT2D eigenvalue weighted by Gasteiger charge is 2.32. The van der Waals surface area contributed by atoms with E-state index in [-0.39, 0.29) is 17.2 Å². The Morgan fingerprint density at radius 3 is 2.86 bits per heavy atom. The van der Waals surface area contributed by atoms with Crippen LogP contribution in [-0.4, -0.2) is 25.7 Å². The molecule has 0 saturated carbocycles. The second-order valence-electron chi connectivity index (χ2n) is 8.05. The molecule has 7 heteroatoms. The number of carbonyl (C=O) groups excluding carboxylic acids is 1. The molecular formula is C21H22ClN5O. The summed E-state index contributed by atoms with van der Waals surface area (Å²) in [6, 6.07) is 5.52. The minimum Gasteiger partial charge on any atom is -0.310 e. The zero-order valence-electron chi connectivity index (χ0n) is 16.1. The fourth-order valence-electron chi connectivity index (χ4n) is 3.60. The highest BCUT2D eigenvalue weighted by Crippen LogP contribution is 2.39. The molecule has 3 aromatic heterocycles. The largest absolute Gasteiger partial charge is 0.310 e. The Balaban J connectivity index is 1.60. The first-order valence-corrected chi connectivity index (χ1v) is 9.63. The van der Waals surface area contributed by atoms with Crippen LogP contribution in [0.4, 0.5) is 5.82 Å². The van der Waals surface area contributed by atoms with Gasteiger partial charge in [-0.2, -0.15) is 5.10 Å². The van der Waals surface area contributed by atoms with Crippen LogP contribution in [-0.2, 0) is 17.8 Å². The van der Waals surface area contributed by atoms with Crippen molar-refractivity contribution in [3.05, 3.63) is 59.3 Å². The van der Waals surface area contributed by atoms with Gasteiger partial charge in [-0.15, -0.1) is 0 Å². The van der Waals surface area contributed by atoms with Gasteiger partial charge in [-0.1, -0.05) is 31.5 Å². The number of fused-ring (bicyclic) bond motifs is 1. The summed E-state index contributed by atoms with van der Waals surface area (Å²) in [5.74, 6) is -0.0108. The topological polar surface area (TPSA) is 72.7 Å². The maximum atomic E-state index is 12.6. The fraction of sp³-hybridized carbons (Fsp3) is 0.333. The quantitative estimate of drug-likeness (QED) is 0.714. The molecule has 1 amide bonds. The number of pyridine rings is 2. The van der Waals surface area contributed by atoms with E-state index in [1.807, 2.05) is 36.0 Å². The lowest BCUT2D eigenvalue weighted by Gasteiger charge is -2.15. The van der Waals surface area contributed by atoms with Crippen LogP contribution in [0.2, 0.25) is 5.02 Å². The molecule has 1 atom stereocenters. The summed E-state index contributed by atoms with van der Waals surface area (Å²) >= 11 is 6.43. The summed E-state index contributed by atoms with van der Waals surface area (Å²) in [6.45, 7) is 7.18. The lowest BCUT2D eigenvalue weighted by molar-refractivity contribution is -0.117. The van der Waals surface area contributed by atoms with E-state index in [0.29, 0.717) is 10.8 Å². The zero-order chi connectivity index (χ0) is 19.9. The first-order chi connectivity index (χ1) is 13.3. The van der Waals surface area contributed by atoms with Crippen LogP contribution in [0.5, 0.6) is 0 Å². The molecule has 0 fully saturated rings. The number of anilines is 1. The van der Waals surface area contributed by atoms with E-state index in [1.165, 1.54) is 5.69 Å². The van der Waals surface area contributed by atoms with Gasteiger partial charge in [0.05, 0.1) is 17.1 Å². The molecular weight excluding hydrogens is 374 g/mol. The van der Waals surface area contributed by atoms with Gasteiger partial charge >= 0.3 is 0 Å². The fourth-order valence-corrected chi connectivity index (χ4v) is 3.81. The molecule has 0 aliphatic carbocycles. The van der Waals surface area contributed by atoms with Crippen molar-refractivity contribution in [1.29, 1.82) is 0 Å². The van der Waals surface area contributed by atoms with Gasteiger partial charge in [0.2, 0.25) is 5.91 Å². The lowest BCUT2D eigenvalue weighted by atomic mass is 9.89. The Bertz CT molecular complexity index is 1030. The second-order valence-corrected chi connectivity index (χ2v) is 8.46. The molecule has 1 N–H and O–H groups in total. The molecule has 1 aliphatic rings. The van der Waals surface area contributed by atoms with Gasteiger partial charge in [0.15, 0.2) is 0 Å². The number of hydrogen-bond acceptors (Lipinski definition) is 4. The standard InChI is InChI=1S/C21H22ClN5O/c1-13(14-5-4-6-23-9-14)20(28)26-19-7-15(17(22)11-24-19)16-10-25-27-12-21(2,3)8-18(16)27/h4-7,9-11,13H,8,12H2,1-3H3,(H,24,26,28)/t13-/m1/s1. The highest BCUT2D eigenvalue weighted by atomic mass is 35.5. The molecule has 0 bridgehead atoms. The molecule has 3 aromatic rings. The average molecular weight is 396 g/mol. The second kappa shape index (κ2) is 7.02. The summed E-state index contributed by atoms with van der Waals surface area (Å²) in [6.07, 6.45) is 7.73. The minimum absolute atomic E-state index is 0.143. The number of halogens is 1. The van der Waals surface area contributed by atoms with E-state index in [9.17, 15) is 4.79 Å². The van der Waals surface area contributed by atoms with Crippen LogP contribution in [0, 0.1) is 5.41 Å². The molecule has 6 nitrogen and oxygen atoms in total. The number of amides is 1. The molecule has 4 heterocycles. The van der Waals surface area contributed by atoms with Gasteiger partial charge in [0.1, 0.15) is 5.82 Å². The Morgan fingerprint density at radius 1 is 1.29 bits per heavy atom. The van der Waals surface area contributed by atoms with Crippen molar-refractivity contribution >= 4 is 23.3 Å². The average Bonchev–Trinajstić information content (AvgIpc) is 3.18. The van der Waals surface area contributed by atoms with Gasteiger partial charge in [0.25, 0.3) is 0 Å². The summed E-state index contributed by atoms with van der Waals surface area (Å²) in [5.41, 5.74) is 4.02. The van der Waals surface area contributed by atoms with Gasteiger partial charge in [-0.25, -0.2) is 4.98 Å². The Hall–Kier alpha value is -2.73. The lowest BCUT2D eigenvalue weighted by Crippen LogP contribution is -2.19. The Kier molecular flexibility index (Phi) is 4.67. The Labute approximate surface area is 169 Å². The number of nitrogens with one attached hydrogen (secondary N) is 1. The van der Waals surface area contributed by atoms with E-state index in [4.69, 9.17) is 11.6 Å². The maximum Gasteiger partial charge on any atom is 0.232 e. The van der Waals surface area contributed by atoms with Gasteiger partial charge in [-0.05, 0) is 36.5 Å². The monoisotopic (exact) mass is 395 g/mol. The van der Waals surface area contributed by atoms with Crippen molar-refractivity contribution in [1.82, 2.24) is 19.7 Å². The summed E-state index contributed by atoms with van der Waals surface area (Å²) in [5, 5.41) is 7.94. The predicted octanol–water partition coefficient (Wildman–Crippen LogP) is 4.32. The van der Waals surface area contributed by atoms with Crippen LogP contribution in [0.1, 0.15) is 37.9 Å².